The molecule has 0 saturated carbocycles. The summed E-state index contributed by atoms with van der Waals surface area (Å²) in [4.78, 5) is 14.5. The number of anilines is 2. The minimum absolute atomic E-state index is 0.0758. The second kappa shape index (κ2) is 5.65. The zero-order valence-corrected chi connectivity index (χ0v) is 13.7. The quantitative estimate of drug-likeness (QED) is 0.912. The minimum atomic E-state index is -0.0758. The summed E-state index contributed by atoms with van der Waals surface area (Å²) < 4.78 is 4.25. The molecule has 0 atom stereocenters. The van der Waals surface area contributed by atoms with Crippen LogP contribution in [0.25, 0.3) is 0 Å². The molecule has 7 heteroatoms. The van der Waals surface area contributed by atoms with Crippen molar-refractivity contribution >= 4 is 27.4 Å². The molecule has 0 radical (unpaired) electrons. The first kappa shape index (κ1) is 14.3. The average molecular weight is 352 g/mol. The Morgan fingerprint density at radius 1 is 1.33 bits per heavy atom. The predicted octanol–water partition coefficient (Wildman–Crippen LogP) is 1.83. The van der Waals surface area contributed by atoms with Gasteiger partial charge in [-0.25, -0.2) is 0 Å². The van der Waals surface area contributed by atoms with Crippen LogP contribution in [0, 0.1) is 0 Å². The lowest BCUT2D eigenvalue weighted by Crippen LogP contribution is -2.36. The van der Waals surface area contributed by atoms with E-state index in [4.69, 9.17) is 0 Å². The van der Waals surface area contributed by atoms with Crippen molar-refractivity contribution in [2.24, 2.45) is 14.1 Å². The first-order valence-corrected chi connectivity index (χ1v) is 7.71. The average Bonchev–Trinajstić information content (AvgIpc) is 2.70. The van der Waals surface area contributed by atoms with Gasteiger partial charge in [0.15, 0.2) is 5.82 Å². The van der Waals surface area contributed by atoms with Crippen LogP contribution in [-0.2, 0) is 20.6 Å². The molecular formula is C14H18BrN5O. The number of aryl methyl sites for hydroxylation is 2. The molecule has 2 aromatic heterocycles. The van der Waals surface area contributed by atoms with Crippen LogP contribution in [0.3, 0.4) is 0 Å². The molecule has 0 aliphatic carbocycles. The Kier molecular flexibility index (Phi) is 3.86. The number of likely N-dealkylation sites (tertiary alicyclic amines) is 1. The third-order valence-electron chi connectivity index (χ3n) is 3.72. The molecule has 1 N–H and O–H groups in total. The number of aromatic nitrogens is 3. The van der Waals surface area contributed by atoms with E-state index in [0.29, 0.717) is 11.5 Å². The minimum Gasteiger partial charge on any atom is -0.334 e. The van der Waals surface area contributed by atoms with Gasteiger partial charge in [-0.05, 0) is 41.5 Å². The van der Waals surface area contributed by atoms with Crippen molar-refractivity contribution in [3.05, 3.63) is 38.9 Å². The van der Waals surface area contributed by atoms with Gasteiger partial charge >= 0.3 is 0 Å². The summed E-state index contributed by atoms with van der Waals surface area (Å²) in [6.07, 6.45) is 3.01. The van der Waals surface area contributed by atoms with Gasteiger partial charge < -0.3 is 9.88 Å². The molecule has 3 heterocycles. The van der Waals surface area contributed by atoms with Crippen LogP contribution in [0.5, 0.6) is 0 Å². The maximum atomic E-state index is 12.1. The van der Waals surface area contributed by atoms with Crippen molar-refractivity contribution in [2.45, 2.75) is 13.0 Å². The van der Waals surface area contributed by atoms with E-state index in [1.165, 1.54) is 11.0 Å². The van der Waals surface area contributed by atoms with E-state index in [-0.39, 0.29) is 5.56 Å². The zero-order chi connectivity index (χ0) is 15.0. The normalized spacial score (nSPS) is 15.0. The fraction of sp³-hybridized carbons (Fsp3) is 0.429. The Balaban J connectivity index is 1.82. The van der Waals surface area contributed by atoms with Gasteiger partial charge in [-0.3, -0.25) is 14.4 Å². The number of pyridine rings is 1. The van der Waals surface area contributed by atoms with Crippen LogP contribution in [0.4, 0.5) is 11.5 Å². The number of hydrogen-bond acceptors (Lipinski definition) is 4. The van der Waals surface area contributed by atoms with Gasteiger partial charge in [0.1, 0.15) is 5.69 Å². The Bertz CT molecular complexity index is 717. The van der Waals surface area contributed by atoms with Crippen molar-refractivity contribution in [3.8, 4) is 0 Å². The van der Waals surface area contributed by atoms with Crippen LogP contribution in [0.2, 0.25) is 0 Å². The van der Waals surface area contributed by atoms with Gasteiger partial charge in [-0.1, -0.05) is 0 Å². The predicted molar refractivity (Wildman–Crippen MR) is 85.8 cm³/mol. The Labute approximate surface area is 131 Å². The number of nitrogens with one attached hydrogen (secondary N) is 1. The third-order valence-corrected chi connectivity index (χ3v) is 4.16. The lowest BCUT2D eigenvalue weighted by molar-refractivity contribution is 0.168. The highest BCUT2D eigenvalue weighted by molar-refractivity contribution is 9.10. The first-order chi connectivity index (χ1) is 10.0. The van der Waals surface area contributed by atoms with Crippen molar-refractivity contribution in [1.29, 1.82) is 0 Å². The fourth-order valence-electron chi connectivity index (χ4n) is 2.38. The van der Waals surface area contributed by atoms with E-state index in [9.17, 15) is 4.79 Å². The molecule has 112 valence electrons. The summed E-state index contributed by atoms with van der Waals surface area (Å²) in [6.45, 7) is 3.21. The van der Waals surface area contributed by atoms with E-state index in [2.05, 4.69) is 31.2 Å². The number of halogens is 1. The Morgan fingerprint density at radius 3 is 2.76 bits per heavy atom. The monoisotopic (exact) mass is 351 g/mol. The molecule has 1 saturated heterocycles. The highest BCUT2D eigenvalue weighted by Gasteiger charge is 2.16. The van der Waals surface area contributed by atoms with Gasteiger partial charge in [0.2, 0.25) is 0 Å². The maximum absolute atomic E-state index is 12.1. The molecule has 1 aliphatic rings. The Hall–Kier alpha value is -1.60. The molecule has 0 amide bonds. The summed E-state index contributed by atoms with van der Waals surface area (Å²) in [6, 6.07) is 3.77. The third kappa shape index (κ3) is 3.03. The summed E-state index contributed by atoms with van der Waals surface area (Å²) >= 11 is 3.40. The smallest absolute Gasteiger partial charge is 0.274 e. The molecule has 1 aliphatic heterocycles. The summed E-state index contributed by atoms with van der Waals surface area (Å²) in [5.41, 5.74) is 1.58. The summed E-state index contributed by atoms with van der Waals surface area (Å²) in [5.74, 6) is 0.697. The molecule has 0 unspecified atom stereocenters. The van der Waals surface area contributed by atoms with E-state index >= 15 is 0 Å². The van der Waals surface area contributed by atoms with Crippen molar-refractivity contribution in [3.63, 3.8) is 0 Å². The summed E-state index contributed by atoms with van der Waals surface area (Å²) in [7, 11) is 3.66. The van der Waals surface area contributed by atoms with Gasteiger partial charge in [0.05, 0.1) is 5.69 Å². The lowest BCUT2D eigenvalue weighted by Gasteiger charge is -2.30. The van der Waals surface area contributed by atoms with Gasteiger partial charge in [-0.2, -0.15) is 5.10 Å². The highest BCUT2D eigenvalue weighted by atomic mass is 79.9. The second-order valence-corrected chi connectivity index (χ2v) is 6.30. The zero-order valence-electron chi connectivity index (χ0n) is 12.1. The van der Waals surface area contributed by atoms with Gasteiger partial charge in [0, 0.05) is 37.4 Å². The molecule has 0 bridgehead atoms. The fourth-order valence-corrected chi connectivity index (χ4v) is 2.92. The molecule has 3 rings (SSSR count). The van der Waals surface area contributed by atoms with Crippen molar-refractivity contribution < 1.29 is 0 Å². The standard InChI is InChI=1S/C14H18BrN5O/c1-18-8-10(15)6-12(14(18)21)16-13-7-11(19(2)17-13)9-20-4-3-5-20/h6-8H,3-5,9H2,1-2H3,(H,16,17). The van der Waals surface area contributed by atoms with Gasteiger partial charge in [0.25, 0.3) is 5.56 Å². The molecule has 2 aromatic rings. The van der Waals surface area contributed by atoms with Crippen LogP contribution in [0.15, 0.2) is 27.6 Å². The van der Waals surface area contributed by atoms with Crippen molar-refractivity contribution in [1.82, 2.24) is 19.2 Å². The molecule has 21 heavy (non-hydrogen) atoms. The van der Waals surface area contributed by atoms with Crippen LogP contribution >= 0.6 is 15.9 Å². The summed E-state index contributed by atoms with van der Waals surface area (Å²) in [5, 5.41) is 7.54. The van der Waals surface area contributed by atoms with Crippen molar-refractivity contribution in [2.75, 3.05) is 18.4 Å². The van der Waals surface area contributed by atoms with E-state index < -0.39 is 0 Å². The maximum Gasteiger partial charge on any atom is 0.274 e. The lowest BCUT2D eigenvalue weighted by atomic mass is 10.2. The molecule has 0 aromatic carbocycles. The number of hydrogen-bond donors (Lipinski definition) is 1. The molecular weight excluding hydrogens is 334 g/mol. The molecule has 6 nitrogen and oxygen atoms in total. The van der Waals surface area contributed by atoms with Crippen LogP contribution in [0.1, 0.15) is 12.1 Å². The van der Waals surface area contributed by atoms with E-state index in [1.807, 2.05) is 17.8 Å². The van der Waals surface area contributed by atoms with E-state index in [0.717, 1.165) is 29.8 Å². The highest BCUT2D eigenvalue weighted by Crippen LogP contribution is 2.19. The molecule has 0 spiro atoms. The largest absolute Gasteiger partial charge is 0.334 e. The number of rotatable bonds is 4. The van der Waals surface area contributed by atoms with Crippen LogP contribution < -0.4 is 10.9 Å². The second-order valence-electron chi connectivity index (χ2n) is 5.39. The topological polar surface area (TPSA) is 55.1 Å². The SMILES string of the molecule is Cn1nc(Nc2cc(Br)cn(C)c2=O)cc1CN1CCC1. The Morgan fingerprint density at radius 2 is 2.10 bits per heavy atom. The first-order valence-electron chi connectivity index (χ1n) is 6.91. The number of nitrogens with zero attached hydrogens (tertiary/aromatic N) is 4. The van der Waals surface area contributed by atoms with E-state index in [1.54, 1.807) is 19.3 Å². The molecule has 1 fully saturated rings. The van der Waals surface area contributed by atoms with Gasteiger partial charge in [-0.15, -0.1) is 0 Å². The van der Waals surface area contributed by atoms with Crippen LogP contribution in [-0.4, -0.2) is 32.3 Å².